The number of carbonyl (C=O) groups is 3. The van der Waals surface area contributed by atoms with Crippen LogP contribution in [0, 0.1) is 19.8 Å². The second-order valence-electron chi connectivity index (χ2n) is 7.12. The first-order valence-electron chi connectivity index (χ1n) is 8.78. The van der Waals surface area contributed by atoms with E-state index in [0.29, 0.717) is 24.8 Å². The lowest BCUT2D eigenvalue weighted by Gasteiger charge is -2.24. The third-order valence-corrected chi connectivity index (χ3v) is 6.53. The van der Waals surface area contributed by atoms with Gasteiger partial charge in [-0.15, -0.1) is 11.8 Å². The third-order valence-electron chi connectivity index (χ3n) is 5.26. The van der Waals surface area contributed by atoms with Gasteiger partial charge < -0.3 is 0 Å². The van der Waals surface area contributed by atoms with Gasteiger partial charge in [-0.3, -0.25) is 19.1 Å². The van der Waals surface area contributed by atoms with Crippen molar-refractivity contribution in [3.05, 3.63) is 34.5 Å². The van der Waals surface area contributed by atoms with E-state index in [2.05, 4.69) is 5.10 Å². The second kappa shape index (κ2) is 6.20. The van der Waals surface area contributed by atoms with Crippen LogP contribution in [-0.4, -0.2) is 27.1 Å². The Morgan fingerprint density at radius 3 is 2.62 bits per heavy atom. The molecule has 134 valence electrons. The summed E-state index contributed by atoms with van der Waals surface area (Å²) in [6.45, 7) is 3.87. The molecule has 1 aliphatic heterocycles. The van der Waals surface area contributed by atoms with Crippen molar-refractivity contribution in [2.24, 2.45) is 13.0 Å². The summed E-state index contributed by atoms with van der Waals surface area (Å²) in [6, 6.07) is 1.84. The lowest BCUT2D eigenvalue weighted by atomic mass is 9.79. The topological polar surface area (TPSA) is 69.0 Å². The standard InChI is InChI=1S/C20H20N2O3S/c1-10-7-13(19(25)17-14(23)5-4-6-15(17)24)11(2)16-18-12(8-22(3)21-18)9-26-20(10)16/h7-8,17H,4-6,9H2,1-3H3. The molecule has 2 heterocycles. The van der Waals surface area contributed by atoms with Gasteiger partial charge in [-0.2, -0.15) is 5.10 Å². The SMILES string of the molecule is Cc1cc(C(=O)C2C(=O)CCCC2=O)c(C)c2c1SCc1cn(C)nc1-2. The van der Waals surface area contributed by atoms with E-state index in [9.17, 15) is 14.4 Å². The van der Waals surface area contributed by atoms with Crippen LogP contribution in [0.3, 0.4) is 0 Å². The summed E-state index contributed by atoms with van der Waals surface area (Å²) in [6.07, 6.45) is 3.18. The van der Waals surface area contributed by atoms with Crippen molar-refractivity contribution in [2.45, 2.75) is 43.8 Å². The maximum Gasteiger partial charge on any atom is 0.181 e. The minimum absolute atomic E-state index is 0.242. The number of ketones is 3. The molecule has 0 spiro atoms. The van der Waals surface area contributed by atoms with Gasteiger partial charge in [0.15, 0.2) is 17.3 Å². The molecule has 0 bridgehead atoms. The van der Waals surface area contributed by atoms with E-state index in [4.69, 9.17) is 0 Å². The quantitative estimate of drug-likeness (QED) is 0.600. The van der Waals surface area contributed by atoms with Crippen molar-refractivity contribution in [3.63, 3.8) is 0 Å². The fourth-order valence-corrected chi connectivity index (χ4v) is 5.17. The normalized spacial score (nSPS) is 17.2. The molecule has 4 rings (SSSR count). The second-order valence-corrected chi connectivity index (χ2v) is 8.10. The highest BCUT2D eigenvalue weighted by atomic mass is 32.2. The minimum Gasteiger partial charge on any atom is -0.298 e. The van der Waals surface area contributed by atoms with Crippen LogP contribution in [0.2, 0.25) is 0 Å². The van der Waals surface area contributed by atoms with Crippen LogP contribution in [-0.2, 0) is 22.4 Å². The van der Waals surface area contributed by atoms with Crippen molar-refractivity contribution < 1.29 is 14.4 Å². The van der Waals surface area contributed by atoms with Gasteiger partial charge in [-0.25, -0.2) is 0 Å². The highest BCUT2D eigenvalue weighted by Crippen LogP contribution is 2.45. The summed E-state index contributed by atoms with van der Waals surface area (Å²) in [5, 5.41) is 4.60. The molecular weight excluding hydrogens is 348 g/mol. The Balaban J connectivity index is 1.87. The molecule has 0 unspecified atom stereocenters. The molecule has 1 aromatic carbocycles. The average molecular weight is 368 g/mol. The summed E-state index contributed by atoms with van der Waals surface area (Å²) in [5.74, 6) is -1.11. The molecule has 0 atom stereocenters. The molecule has 6 heteroatoms. The number of nitrogens with zero attached hydrogens (tertiary/aromatic N) is 2. The zero-order valence-electron chi connectivity index (χ0n) is 15.1. The van der Waals surface area contributed by atoms with Crippen LogP contribution in [0.4, 0.5) is 0 Å². The van der Waals surface area contributed by atoms with Gasteiger partial charge in [-0.05, 0) is 37.5 Å². The van der Waals surface area contributed by atoms with Gasteiger partial charge in [0.1, 0.15) is 5.92 Å². The molecule has 2 aliphatic rings. The van der Waals surface area contributed by atoms with Crippen LogP contribution in [0.1, 0.15) is 46.3 Å². The van der Waals surface area contributed by atoms with E-state index in [-0.39, 0.29) is 17.3 Å². The monoisotopic (exact) mass is 368 g/mol. The van der Waals surface area contributed by atoms with E-state index < -0.39 is 5.92 Å². The first-order chi connectivity index (χ1) is 12.4. The fraction of sp³-hybridized carbons (Fsp3) is 0.400. The minimum atomic E-state index is -1.13. The van der Waals surface area contributed by atoms with E-state index in [1.165, 1.54) is 0 Å². The number of benzene rings is 1. The molecule has 5 nitrogen and oxygen atoms in total. The fourth-order valence-electron chi connectivity index (χ4n) is 3.98. The van der Waals surface area contributed by atoms with E-state index in [1.54, 1.807) is 16.4 Å². The Bertz CT molecular complexity index is 958. The van der Waals surface area contributed by atoms with E-state index in [0.717, 1.165) is 38.6 Å². The molecule has 1 fully saturated rings. The predicted octanol–water partition coefficient (Wildman–Crippen LogP) is 3.43. The number of fused-ring (bicyclic) bond motifs is 3. The van der Waals surface area contributed by atoms with Crippen molar-refractivity contribution in [3.8, 4) is 11.3 Å². The number of hydrogen-bond donors (Lipinski definition) is 0. The Morgan fingerprint density at radius 2 is 1.92 bits per heavy atom. The highest BCUT2D eigenvalue weighted by molar-refractivity contribution is 7.98. The summed E-state index contributed by atoms with van der Waals surface area (Å²) >= 11 is 1.74. The van der Waals surface area contributed by atoms with Gasteiger partial charge in [0.05, 0.1) is 5.69 Å². The number of hydrogen-bond acceptors (Lipinski definition) is 5. The van der Waals surface area contributed by atoms with Crippen molar-refractivity contribution in [1.29, 1.82) is 0 Å². The summed E-state index contributed by atoms with van der Waals surface area (Å²) in [5.41, 5.74) is 5.30. The molecule has 2 aromatic rings. The number of carbonyl (C=O) groups excluding carboxylic acids is 3. The highest BCUT2D eigenvalue weighted by Gasteiger charge is 2.38. The van der Waals surface area contributed by atoms with Crippen LogP contribution in [0.15, 0.2) is 17.2 Å². The Kier molecular flexibility index (Phi) is 4.10. The smallest absolute Gasteiger partial charge is 0.181 e. The van der Waals surface area contributed by atoms with Gasteiger partial charge in [0.2, 0.25) is 0 Å². The maximum atomic E-state index is 13.1. The van der Waals surface area contributed by atoms with Crippen LogP contribution >= 0.6 is 11.8 Å². The average Bonchev–Trinajstić information content (AvgIpc) is 2.97. The zero-order valence-corrected chi connectivity index (χ0v) is 15.9. The largest absolute Gasteiger partial charge is 0.298 e. The third kappa shape index (κ3) is 2.55. The number of Topliss-reactive ketones (excluding diaryl/α,β-unsaturated/α-hetero) is 3. The van der Waals surface area contributed by atoms with Crippen molar-refractivity contribution in [2.75, 3.05) is 0 Å². The van der Waals surface area contributed by atoms with Gasteiger partial charge in [-0.1, -0.05) is 0 Å². The number of thioether (sulfide) groups is 1. The van der Waals surface area contributed by atoms with Gasteiger partial charge in [0.25, 0.3) is 0 Å². The molecule has 1 aromatic heterocycles. The van der Waals surface area contributed by atoms with Gasteiger partial charge >= 0.3 is 0 Å². The molecule has 0 saturated heterocycles. The maximum absolute atomic E-state index is 13.1. The molecular formula is C20H20N2O3S. The van der Waals surface area contributed by atoms with E-state index >= 15 is 0 Å². The molecule has 0 radical (unpaired) electrons. The summed E-state index contributed by atoms with van der Waals surface area (Å²) in [7, 11) is 1.89. The zero-order chi connectivity index (χ0) is 18.6. The molecule has 0 N–H and O–H groups in total. The van der Waals surface area contributed by atoms with Crippen LogP contribution < -0.4 is 0 Å². The number of aryl methyl sites for hydroxylation is 2. The molecule has 1 aliphatic carbocycles. The molecule has 0 amide bonds. The lowest BCUT2D eigenvalue weighted by molar-refractivity contribution is -0.133. The van der Waals surface area contributed by atoms with E-state index in [1.807, 2.05) is 33.2 Å². The summed E-state index contributed by atoms with van der Waals surface area (Å²) in [4.78, 5) is 38.7. The first-order valence-corrected chi connectivity index (χ1v) is 9.76. The first kappa shape index (κ1) is 17.2. The number of rotatable bonds is 2. The van der Waals surface area contributed by atoms with Crippen molar-refractivity contribution >= 4 is 29.1 Å². The van der Waals surface area contributed by atoms with Crippen LogP contribution in [0.5, 0.6) is 0 Å². The summed E-state index contributed by atoms with van der Waals surface area (Å²) < 4.78 is 1.79. The number of aromatic nitrogens is 2. The van der Waals surface area contributed by atoms with Gasteiger partial charge in [0, 0.05) is 53.4 Å². The molecule has 26 heavy (non-hydrogen) atoms. The van der Waals surface area contributed by atoms with Crippen molar-refractivity contribution in [1.82, 2.24) is 9.78 Å². The Morgan fingerprint density at radius 1 is 1.23 bits per heavy atom. The Hall–Kier alpha value is -2.21. The lowest BCUT2D eigenvalue weighted by Crippen LogP contribution is -2.35. The Labute approximate surface area is 156 Å². The predicted molar refractivity (Wildman–Crippen MR) is 99.4 cm³/mol. The van der Waals surface area contributed by atoms with Crippen LogP contribution in [0.25, 0.3) is 11.3 Å². The molecule has 1 saturated carbocycles.